The largest absolute Gasteiger partial charge is 0.342 e. The first kappa shape index (κ1) is 14.8. The molecule has 1 aliphatic heterocycles. The summed E-state index contributed by atoms with van der Waals surface area (Å²) in [4.78, 5) is 14.8. The van der Waals surface area contributed by atoms with Crippen LogP contribution in [0.1, 0.15) is 58.8 Å². The molecule has 0 bridgehead atoms. The lowest BCUT2D eigenvalue weighted by molar-refractivity contribution is -0.138. The SMILES string of the molecule is CCC1CCCN(C(=O)C2CCC(N)CC2C)CC1. The summed E-state index contributed by atoms with van der Waals surface area (Å²) in [7, 11) is 0. The molecule has 0 spiro atoms. The van der Waals surface area contributed by atoms with Crippen LogP contribution in [0, 0.1) is 17.8 Å². The molecule has 0 aromatic rings. The van der Waals surface area contributed by atoms with Crippen molar-refractivity contribution in [1.29, 1.82) is 0 Å². The number of amides is 1. The minimum absolute atomic E-state index is 0.234. The zero-order valence-corrected chi connectivity index (χ0v) is 12.6. The summed E-state index contributed by atoms with van der Waals surface area (Å²) in [6, 6.07) is 0.313. The molecular formula is C16H30N2O. The maximum absolute atomic E-state index is 12.7. The van der Waals surface area contributed by atoms with E-state index in [2.05, 4.69) is 18.7 Å². The normalized spacial score (nSPS) is 36.9. The van der Waals surface area contributed by atoms with E-state index in [1.54, 1.807) is 0 Å². The van der Waals surface area contributed by atoms with Gasteiger partial charge in [0.2, 0.25) is 5.91 Å². The molecule has 1 amide bonds. The summed E-state index contributed by atoms with van der Waals surface area (Å²) < 4.78 is 0. The smallest absolute Gasteiger partial charge is 0.225 e. The Bertz CT molecular complexity index is 305. The second-order valence-electron chi connectivity index (χ2n) is 6.69. The fourth-order valence-electron chi connectivity index (χ4n) is 3.83. The van der Waals surface area contributed by atoms with Gasteiger partial charge in [-0.1, -0.05) is 20.3 Å². The van der Waals surface area contributed by atoms with Crippen LogP contribution < -0.4 is 5.73 Å². The molecule has 110 valence electrons. The monoisotopic (exact) mass is 266 g/mol. The molecule has 0 aromatic carbocycles. The average molecular weight is 266 g/mol. The average Bonchev–Trinajstić information content (AvgIpc) is 2.63. The van der Waals surface area contributed by atoms with Gasteiger partial charge in [-0.25, -0.2) is 0 Å². The number of rotatable bonds is 2. The van der Waals surface area contributed by atoms with E-state index in [1.807, 2.05) is 0 Å². The molecule has 2 N–H and O–H groups in total. The van der Waals surface area contributed by atoms with Crippen molar-refractivity contribution in [2.24, 2.45) is 23.5 Å². The first-order valence-corrected chi connectivity index (χ1v) is 8.16. The van der Waals surface area contributed by atoms with E-state index in [0.29, 0.717) is 17.9 Å². The highest BCUT2D eigenvalue weighted by Crippen LogP contribution is 2.31. The minimum Gasteiger partial charge on any atom is -0.342 e. The Morgan fingerprint density at radius 1 is 1.21 bits per heavy atom. The molecule has 4 atom stereocenters. The Morgan fingerprint density at radius 3 is 2.68 bits per heavy atom. The number of carbonyl (C=O) groups is 1. The Kier molecular flexibility index (Phi) is 5.26. The van der Waals surface area contributed by atoms with Gasteiger partial charge < -0.3 is 10.6 Å². The number of carbonyl (C=O) groups excluding carboxylic acids is 1. The van der Waals surface area contributed by atoms with Crippen molar-refractivity contribution in [3.8, 4) is 0 Å². The Morgan fingerprint density at radius 2 is 2.00 bits per heavy atom. The van der Waals surface area contributed by atoms with Gasteiger partial charge in [-0.2, -0.15) is 0 Å². The molecule has 1 aliphatic carbocycles. The van der Waals surface area contributed by atoms with Gasteiger partial charge in [0.1, 0.15) is 0 Å². The molecule has 4 unspecified atom stereocenters. The van der Waals surface area contributed by atoms with Crippen molar-refractivity contribution in [2.45, 2.75) is 64.8 Å². The molecule has 0 radical (unpaired) electrons. The second kappa shape index (κ2) is 6.74. The third-order valence-corrected chi connectivity index (χ3v) is 5.26. The fraction of sp³-hybridized carbons (Fsp3) is 0.938. The van der Waals surface area contributed by atoms with Gasteiger partial charge >= 0.3 is 0 Å². The van der Waals surface area contributed by atoms with Crippen LogP contribution in [0.2, 0.25) is 0 Å². The van der Waals surface area contributed by atoms with Gasteiger partial charge in [0, 0.05) is 25.0 Å². The molecule has 2 fully saturated rings. The van der Waals surface area contributed by atoms with Crippen molar-refractivity contribution >= 4 is 5.91 Å². The van der Waals surface area contributed by atoms with Crippen molar-refractivity contribution in [3.63, 3.8) is 0 Å². The summed E-state index contributed by atoms with van der Waals surface area (Å²) in [5.74, 6) is 1.94. The molecule has 3 heteroatoms. The third kappa shape index (κ3) is 3.71. The summed E-state index contributed by atoms with van der Waals surface area (Å²) >= 11 is 0. The van der Waals surface area contributed by atoms with E-state index in [-0.39, 0.29) is 5.92 Å². The topological polar surface area (TPSA) is 46.3 Å². The number of nitrogens with zero attached hydrogens (tertiary/aromatic N) is 1. The standard InChI is InChI=1S/C16H30N2O/c1-3-13-5-4-9-18(10-8-13)16(19)15-7-6-14(17)11-12(15)2/h12-15H,3-11,17H2,1-2H3. The van der Waals surface area contributed by atoms with Gasteiger partial charge in [-0.3, -0.25) is 4.79 Å². The third-order valence-electron chi connectivity index (χ3n) is 5.26. The molecule has 1 saturated carbocycles. The molecule has 2 aliphatic rings. The lowest BCUT2D eigenvalue weighted by atomic mass is 9.77. The van der Waals surface area contributed by atoms with Crippen molar-refractivity contribution in [3.05, 3.63) is 0 Å². The van der Waals surface area contributed by atoms with E-state index in [9.17, 15) is 4.79 Å². The number of likely N-dealkylation sites (tertiary alicyclic amines) is 1. The summed E-state index contributed by atoms with van der Waals surface area (Å²) in [6.45, 7) is 6.43. The highest BCUT2D eigenvalue weighted by molar-refractivity contribution is 5.79. The van der Waals surface area contributed by atoms with E-state index in [4.69, 9.17) is 5.73 Å². The van der Waals surface area contributed by atoms with Gasteiger partial charge in [0.25, 0.3) is 0 Å². The van der Waals surface area contributed by atoms with E-state index in [0.717, 1.165) is 38.3 Å². The van der Waals surface area contributed by atoms with Crippen LogP contribution >= 0.6 is 0 Å². The van der Waals surface area contributed by atoms with E-state index < -0.39 is 0 Å². The molecule has 3 nitrogen and oxygen atoms in total. The van der Waals surface area contributed by atoms with Crippen LogP contribution in [0.5, 0.6) is 0 Å². The van der Waals surface area contributed by atoms with Gasteiger partial charge in [0.05, 0.1) is 0 Å². The summed E-state index contributed by atoms with van der Waals surface area (Å²) in [6.07, 6.45) is 7.97. The van der Waals surface area contributed by atoms with Crippen LogP contribution in [-0.2, 0) is 4.79 Å². The van der Waals surface area contributed by atoms with Gasteiger partial charge in [0.15, 0.2) is 0 Å². The molecule has 0 aromatic heterocycles. The predicted molar refractivity (Wildman–Crippen MR) is 78.7 cm³/mol. The first-order chi connectivity index (χ1) is 9.11. The molecule has 1 heterocycles. The Labute approximate surface area is 117 Å². The van der Waals surface area contributed by atoms with E-state index >= 15 is 0 Å². The number of hydrogen-bond donors (Lipinski definition) is 1. The molecule has 1 saturated heterocycles. The van der Waals surface area contributed by atoms with Gasteiger partial charge in [-0.15, -0.1) is 0 Å². The molecular weight excluding hydrogens is 236 g/mol. The van der Waals surface area contributed by atoms with Crippen molar-refractivity contribution in [2.75, 3.05) is 13.1 Å². The lowest BCUT2D eigenvalue weighted by Gasteiger charge is -2.35. The van der Waals surface area contributed by atoms with Gasteiger partial charge in [-0.05, 0) is 50.4 Å². The van der Waals surface area contributed by atoms with Crippen molar-refractivity contribution < 1.29 is 4.79 Å². The maximum atomic E-state index is 12.7. The van der Waals surface area contributed by atoms with Crippen LogP contribution in [0.3, 0.4) is 0 Å². The first-order valence-electron chi connectivity index (χ1n) is 8.16. The van der Waals surface area contributed by atoms with Crippen molar-refractivity contribution in [1.82, 2.24) is 4.90 Å². The highest BCUT2D eigenvalue weighted by atomic mass is 16.2. The van der Waals surface area contributed by atoms with Crippen LogP contribution in [0.4, 0.5) is 0 Å². The second-order valence-corrected chi connectivity index (χ2v) is 6.69. The summed E-state index contributed by atoms with van der Waals surface area (Å²) in [5.41, 5.74) is 6.00. The zero-order chi connectivity index (χ0) is 13.8. The predicted octanol–water partition coefficient (Wildman–Crippen LogP) is 2.79. The fourth-order valence-corrected chi connectivity index (χ4v) is 3.83. The molecule has 2 rings (SSSR count). The number of hydrogen-bond acceptors (Lipinski definition) is 2. The lowest BCUT2D eigenvalue weighted by Crippen LogP contribution is -2.43. The minimum atomic E-state index is 0.234. The van der Waals surface area contributed by atoms with Crippen LogP contribution in [0.25, 0.3) is 0 Å². The van der Waals surface area contributed by atoms with E-state index in [1.165, 1.54) is 25.7 Å². The Hall–Kier alpha value is -0.570. The highest BCUT2D eigenvalue weighted by Gasteiger charge is 2.34. The number of nitrogens with two attached hydrogens (primary N) is 1. The van der Waals surface area contributed by atoms with Crippen LogP contribution in [-0.4, -0.2) is 29.9 Å². The maximum Gasteiger partial charge on any atom is 0.225 e. The quantitative estimate of drug-likeness (QED) is 0.835. The Balaban J connectivity index is 1.91. The zero-order valence-electron chi connectivity index (χ0n) is 12.6. The summed E-state index contributed by atoms with van der Waals surface area (Å²) in [5, 5.41) is 0. The molecule has 19 heavy (non-hydrogen) atoms. The van der Waals surface area contributed by atoms with Crippen LogP contribution in [0.15, 0.2) is 0 Å².